The van der Waals surface area contributed by atoms with Gasteiger partial charge in [0, 0.05) is 44.6 Å². The summed E-state index contributed by atoms with van der Waals surface area (Å²) < 4.78 is -0.601. The Morgan fingerprint density at radius 3 is 2.53 bits per heavy atom. The van der Waals surface area contributed by atoms with Crippen LogP contribution in [0.25, 0.3) is 0 Å². The van der Waals surface area contributed by atoms with Gasteiger partial charge in [-0.3, -0.25) is 14.4 Å². The Bertz CT molecular complexity index is 851. The Hall–Kier alpha value is -1.80. The van der Waals surface area contributed by atoms with Crippen LogP contribution in [0, 0.1) is 17.8 Å². The first-order valence-corrected chi connectivity index (χ1v) is 14.4. The number of amides is 3. The van der Waals surface area contributed by atoms with E-state index < -0.39 is 22.6 Å². The molecule has 36 heavy (non-hydrogen) atoms. The summed E-state index contributed by atoms with van der Waals surface area (Å²) >= 11 is 1.73. The third-order valence-corrected chi connectivity index (χ3v) is 10.5. The van der Waals surface area contributed by atoms with Crippen LogP contribution in [0.1, 0.15) is 59.3 Å². The van der Waals surface area contributed by atoms with E-state index in [1.54, 1.807) is 40.8 Å². The molecule has 0 aromatic heterocycles. The third kappa shape index (κ3) is 4.87. The molecular weight excluding hydrogens is 474 g/mol. The number of hydrogen-bond donors (Lipinski definition) is 1. The Morgan fingerprint density at radius 1 is 1.22 bits per heavy atom. The van der Waals surface area contributed by atoms with Crippen LogP contribution in [0.3, 0.4) is 0 Å². The zero-order valence-electron chi connectivity index (χ0n) is 22.5. The summed E-state index contributed by atoms with van der Waals surface area (Å²) in [7, 11) is 1.77. The fourth-order valence-electron chi connectivity index (χ4n) is 6.79. The Morgan fingerprint density at radius 2 is 1.92 bits per heavy atom. The molecule has 1 N–H and O–H groups in total. The van der Waals surface area contributed by atoms with Crippen molar-refractivity contribution in [3.63, 3.8) is 0 Å². The van der Waals surface area contributed by atoms with Gasteiger partial charge in [-0.2, -0.15) is 0 Å². The van der Waals surface area contributed by atoms with Gasteiger partial charge < -0.3 is 19.8 Å². The van der Waals surface area contributed by atoms with Crippen molar-refractivity contribution in [2.24, 2.45) is 17.8 Å². The van der Waals surface area contributed by atoms with Gasteiger partial charge in [-0.1, -0.05) is 32.4 Å². The predicted molar refractivity (Wildman–Crippen MR) is 145 cm³/mol. The van der Waals surface area contributed by atoms with Crippen molar-refractivity contribution in [2.75, 3.05) is 33.3 Å². The minimum Gasteiger partial charge on any atom is -0.396 e. The molecule has 3 aliphatic rings. The quantitative estimate of drug-likeness (QED) is 0.281. The molecule has 3 amide bonds. The monoisotopic (exact) mass is 519 g/mol. The molecule has 2 bridgehead atoms. The number of carbonyl (C=O) groups is 3. The first-order chi connectivity index (χ1) is 17.2. The standard InChI is InChI=1S/C28H45N3O4S/c1-7-13-20(5)30(15-9-3)27(35)24-28-19(4)18-21(36-28)22(25(33)29(6)14-8-2)23(28)26(34)31(24)16-11-10-12-17-32/h8-9,19-24,32H,2-3,7,10-18H2,1,4-6H3/t19?,20?,21-,22+,23-,24?,28?/m0/s1. The zero-order chi connectivity index (χ0) is 26.6. The summed E-state index contributed by atoms with van der Waals surface area (Å²) in [6, 6.07) is -0.548. The number of likely N-dealkylation sites (tertiary alicyclic amines) is 1. The van der Waals surface area contributed by atoms with Crippen LogP contribution in [-0.4, -0.2) is 92.9 Å². The molecule has 0 aliphatic carbocycles. The van der Waals surface area contributed by atoms with E-state index in [2.05, 4.69) is 33.9 Å². The minimum atomic E-state index is -0.601. The molecule has 0 aromatic carbocycles. The smallest absolute Gasteiger partial charge is 0.247 e. The van der Waals surface area contributed by atoms with E-state index in [9.17, 15) is 19.5 Å². The highest BCUT2D eigenvalue weighted by Gasteiger charge is 2.76. The van der Waals surface area contributed by atoms with Crippen LogP contribution in [0.5, 0.6) is 0 Å². The van der Waals surface area contributed by atoms with Crippen molar-refractivity contribution < 1.29 is 19.5 Å². The minimum absolute atomic E-state index is 0.0126. The van der Waals surface area contributed by atoms with E-state index >= 15 is 0 Å². The van der Waals surface area contributed by atoms with E-state index in [-0.39, 0.29) is 41.5 Å². The number of unbranched alkanes of at least 4 members (excludes halogenated alkanes) is 2. The average molecular weight is 520 g/mol. The molecule has 1 spiro atoms. The van der Waals surface area contributed by atoms with E-state index in [1.165, 1.54) is 0 Å². The van der Waals surface area contributed by atoms with Crippen LogP contribution < -0.4 is 0 Å². The van der Waals surface area contributed by atoms with Gasteiger partial charge in [0.25, 0.3) is 0 Å². The topological polar surface area (TPSA) is 81.2 Å². The number of fused-ring (bicyclic) bond motifs is 1. The Kier molecular flexibility index (Phi) is 9.72. The van der Waals surface area contributed by atoms with Crippen LogP contribution in [0.2, 0.25) is 0 Å². The number of thioether (sulfide) groups is 1. The summed E-state index contributed by atoms with van der Waals surface area (Å²) in [6.07, 6.45) is 8.33. The van der Waals surface area contributed by atoms with Crippen LogP contribution in [0.15, 0.2) is 25.3 Å². The molecule has 3 aliphatic heterocycles. The highest BCUT2D eigenvalue weighted by Crippen LogP contribution is 2.68. The summed E-state index contributed by atoms with van der Waals surface area (Å²) in [5, 5.41) is 9.28. The highest BCUT2D eigenvalue weighted by molar-refractivity contribution is 8.02. The van der Waals surface area contributed by atoms with E-state index in [4.69, 9.17) is 0 Å². The van der Waals surface area contributed by atoms with Gasteiger partial charge in [0.15, 0.2) is 0 Å². The van der Waals surface area contributed by atoms with Gasteiger partial charge in [-0.25, -0.2) is 0 Å². The van der Waals surface area contributed by atoms with Gasteiger partial charge in [-0.05, 0) is 44.9 Å². The fraction of sp³-hybridized carbons (Fsp3) is 0.750. The number of carbonyl (C=O) groups excluding carboxylic acids is 3. The normalized spacial score (nSPS) is 31.3. The Balaban J connectivity index is 2.04. The lowest BCUT2D eigenvalue weighted by atomic mass is 9.65. The second-order valence-electron chi connectivity index (χ2n) is 10.8. The van der Waals surface area contributed by atoms with Gasteiger partial charge in [0.2, 0.25) is 17.7 Å². The van der Waals surface area contributed by atoms with Crippen LogP contribution in [-0.2, 0) is 14.4 Å². The van der Waals surface area contributed by atoms with Crippen molar-refractivity contribution >= 4 is 29.5 Å². The molecular formula is C28H45N3O4S. The zero-order valence-corrected chi connectivity index (χ0v) is 23.3. The highest BCUT2D eigenvalue weighted by atomic mass is 32.2. The number of likely N-dealkylation sites (N-methyl/N-ethyl adjacent to an activating group) is 1. The molecule has 3 fully saturated rings. The molecule has 202 valence electrons. The summed E-state index contributed by atoms with van der Waals surface area (Å²) in [5.74, 6) is -0.835. The van der Waals surface area contributed by atoms with Crippen LogP contribution in [0.4, 0.5) is 0 Å². The first-order valence-electron chi connectivity index (χ1n) is 13.6. The third-order valence-electron chi connectivity index (χ3n) is 8.45. The molecule has 0 saturated carbocycles. The summed E-state index contributed by atoms with van der Waals surface area (Å²) in [5.41, 5.74) is 0. The molecule has 0 radical (unpaired) electrons. The maximum Gasteiger partial charge on any atom is 0.247 e. The van der Waals surface area contributed by atoms with E-state index in [1.807, 2.05) is 4.90 Å². The second-order valence-corrected chi connectivity index (χ2v) is 12.3. The number of aliphatic hydroxyl groups excluding tert-OH is 1. The Labute approximate surface area is 221 Å². The van der Waals surface area contributed by atoms with Gasteiger partial charge in [-0.15, -0.1) is 24.9 Å². The van der Waals surface area contributed by atoms with Crippen LogP contribution >= 0.6 is 11.8 Å². The second kappa shape index (κ2) is 12.2. The first kappa shape index (κ1) is 28.8. The van der Waals surface area contributed by atoms with Gasteiger partial charge in [0.05, 0.1) is 16.6 Å². The van der Waals surface area contributed by atoms with Crippen molar-refractivity contribution in [1.29, 1.82) is 0 Å². The van der Waals surface area contributed by atoms with E-state index in [0.29, 0.717) is 26.1 Å². The molecule has 8 heteroatoms. The fourth-order valence-corrected chi connectivity index (χ4v) is 9.20. The predicted octanol–water partition coefficient (Wildman–Crippen LogP) is 3.33. The molecule has 4 unspecified atom stereocenters. The number of nitrogens with zero attached hydrogens (tertiary/aromatic N) is 3. The lowest BCUT2D eigenvalue weighted by molar-refractivity contribution is -0.145. The molecule has 3 rings (SSSR count). The maximum atomic E-state index is 14.4. The lowest BCUT2D eigenvalue weighted by Crippen LogP contribution is -2.58. The van der Waals surface area contributed by atoms with Crippen molar-refractivity contribution in [2.45, 2.75) is 81.4 Å². The van der Waals surface area contributed by atoms with E-state index in [0.717, 1.165) is 32.1 Å². The summed E-state index contributed by atoms with van der Waals surface area (Å²) in [4.78, 5) is 47.5. The van der Waals surface area contributed by atoms with Crippen molar-refractivity contribution in [1.82, 2.24) is 14.7 Å². The number of aliphatic hydroxyl groups is 1. The largest absolute Gasteiger partial charge is 0.396 e. The van der Waals surface area contributed by atoms with Gasteiger partial charge >= 0.3 is 0 Å². The lowest BCUT2D eigenvalue weighted by Gasteiger charge is -2.42. The molecule has 7 atom stereocenters. The maximum absolute atomic E-state index is 14.4. The number of rotatable bonds is 14. The molecule has 3 heterocycles. The molecule has 7 nitrogen and oxygen atoms in total. The molecule has 3 saturated heterocycles. The van der Waals surface area contributed by atoms with Crippen molar-refractivity contribution in [3.8, 4) is 0 Å². The van der Waals surface area contributed by atoms with Gasteiger partial charge in [0.1, 0.15) is 6.04 Å². The summed E-state index contributed by atoms with van der Waals surface area (Å²) in [6.45, 7) is 15.5. The SMILES string of the molecule is C=CCN(C)C(=O)[C@@H]1[C@@H]2CC(C)C3(S2)C(C(=O)N(CC=C)C(C)CCC)N(CCCCCO)C(=O)[C@H]13. The molecule has 0 aromatic rings. The van der Waals surface area contributed by atoms with Crippen molar-refractivity contribution in [3.05, 3.63) is 25.3 Å². The average Bonchev–Trinajstić information content (AvgIpc) is 3.43. The number of hydrogen-bond acceptors (Lipinski definition) is 5.